The number of allylic oxidation sites excluding steroid dienone is 22. The predicted molar refractivity (Wildman–Crippen MR) is 234 cm³/mol. The molecule has 0 unspecified atom stereocenters. The van der Waals surface area contributed by atoms with Gasteiger partial charge in [-0.3, -0.25) is 4.52 Å². The minimum absolute atomic E-state index is 0.465. The normalized spacial score (nSPS) is 14.0. The monoisotopic (exact) mass is 792 g/mol. The second-order valence-electron chi connectivity index (χ2n) is 12.9. The van der Waals surface area contributed by atoms with Crippen molar-refractivity contribution >= 4 is 19.8 Å². The average Bonchev–Trinajstić information content (AvgIpc) is 3.17. The van der Waals surface area contributed by atoms with E-state index in [-0.39, 0.29) is 0 Å². The molecule has 0 aromatic heterocycles. The first-order valence-electron chi connectivity index (χ1n) is 20.4. The molecule has 0 fully saturated rings. The number of phosphoric acid groups is 1. The van der Waals surface area contributed by atoms with E-state index in [0.29, 0.717) is 0 Å². The Balaban J connectivity index is 4.46. The van der Waals surface area contributed by atoms with E-state index in [1.807, 2.05) is 60.8 Å². The highest BCUT2D eigenvalue weighted by atomic mass is 31.2. The van der Waals surface area contributed by atoms with Gasteiger partial charge in [-0.1, -0.05) is 225 Å². The SMILES string of the molecule is CCCCCCCCCC=CC=CC=CC=CC=CC=CC(=O)OC[C@H](COP(=O)(O)O)OC(=O)C=CC=CC=CC=CC=CC=CCCCCCCCCC. The maximum absolute atomic E-state index is 12.2. The summed E-state index contributed by atoms with van der Waals surface area (Å²) in [5.41, 5.74) is 0. The Kier molecular flexibility index (Phi) is 37.6. The summed E-state index contributed by atoms with van der Waals surface area (Å²) in [6, 6.07) is 0. The third-order valence-electron chi connectivity index (χ3n) is 7.81. The van der Waals surface area contributed by atoms with Gasteiger partial charge in [0.25, 0.3) is 0 Å². The Morgan fingerprint density at radius 2 is 0.804 bits per heavy atom. The highest BCUT2D eigenvalue weighted by Crippen LogP contribution is 2.35. The molecule has 0 heterocycles. The number of carbonyl (C=O) groups excluding carboxylic acids is 2. The van der Waals surface area contributed by atoms with Gasteiger partial charge in [0.1, 0.15) is 6.61 Å². The number of hydrogen-bond acceptors (Lipinski definition) is 6. The lowest BCUT2D eigenvalue weighted by molar-refractivity contribution is -0.154. The lowest BCUT2D eigenvalue weighted by Gasteiger charge is -2.17. The maximum atomic E-state index is 12.2. The number of ether oxygens (including phenoxy) is 2. The molecule has 0 aliphatic rings. The highest BCUT2D eigenvalue weighted by Gasteiger charge is 2.22. The van der Waals surface area contributed by atoms with Crippen LogP contribution in [0.1, 0.15) is 117 Å². The molecule has 1 atom stereocenters. The molecule has 310 valence electrons. The number of rotatable bonds is 34. The Morgan fingerprint density at radius 1 is 0.464 bits per heavy atom. The second-order valence-corrected chi connectivity index (χ2v) is 14.2. The molecule has 0 spiro atoms. The lowest BCUT2D eigenvalue weighted by Crippen LogP contribution is -2.28. The first-order chi connectivity index (χ1) is 27.3. The Morgan fingerprint density at radius 3 is 1.20 bits per heavy atom. The predicted octanol–water partition coefficient (Wildman–Crippen LogP) is 12.5. The third kappa shape index (κ3) is 42.7. The summed E-state index contributed by atoms with van der Waals surface area (Å²) in [6.07, 6.45) is 62.7. The van der Waals surface area contributed by atoms with Crippen LogP contribution < -0.4 is 0 Å². The van der Waals surface area contributed by atoms with Crippen LogP contribution in [0.25, 0.3) is 0 Å². The first-order valence-corrected chi connectivity index (χ1v) is 21.9. The number of carbonyl (C=O) groups is 2. The maximum Gasteiger partial charge on any atom is 0.469 e. The zero-order valence-electron chi connectivity index (χ0n) is 34.0. The summed E-state index contributed by atoms with van der Waals surface area (Å²) in [4.78, 5) is 42.5. The highest BCUT2D eigenvalue weighted by molar-refractivity contribution is 7.46. The van der Waals surface area contributed by atoms with E-state index in [2.05, 4.69) is 42.7 Å². The molecule has 0 aromatic rings. The Labute approximate surface area is 338 Å². The molecule has 0 aliphatic heterocycles. The quantitative estimate of drug-likeness (QED) is 0.0217. The summed E-state index contributed by atoms with van der Waals surface area (Å²) >= 11 is 0. The van der Waals surface area contributed by atoms with E-state index in [1.54, 1.807) is 36.5 Å². The van der Waals surface area contributed by atoms with Gasteiger partial charge in [-0.2, -0.15) is 0 Å². The van der Waals surface area contributed by atoms with Crippen molar-refractivity contribution in [3.05, 3.63) is 146 Å². The van der Waals surface area contributed by atoms with Crippen molar-refractivity contribution < 1.29 is 37.9 Å². The average molecular weight is 793 g/mol. The topological polar surface area (TPSA) is 119 Å². The van der Waals surface area contributed by atoms with Crippen LogP contribution in [0.5, 0.6) is 0 Å². The number of esters is 2. The molecule has 0 amide bonds. The van der Waals surface area contributed by atoms with E-state index in [4.69, 9.17) is 19.3 Å². The van der Waals surface area contributed by atoms with E-state index >= 15 is 0 Å². The van der Waals surface area contributed by atoms with Crippen LogP contribution in [0.3, 0.4) is 0 Å². The van der Waals surface area contributed by atoms with Crippen molar-refractivity contribution in [1.29, 1.82) is 0 Å². The van der Waals surface area contributed by atoms with E-state index in [0.717, 1.165) is 18.9 Å². The number of hydrogen-bond donors (Lipinski definition) is 2. The largest absolute Gasteiger partial charge is 0.469 e. The molecule has 8 nitrogen and oxygen atoms in total. The van der Waals surface area contributed by atoms with Crippen LogP contribution in [-0.2, 0) is 28.2 Å². The van der Waals surface area contributed by atoms with Gasteiger partial charge in [-0.15, -0.1) is 0 Å². The first kappa shape index (κ1) is 51.9. The van der Waals surface area contributed by atoms with Crippen LogP contribution in [0.2, 0.25) is 0 Å². The van der Waals surface area contributed by atoms with Crippen LogP contribution >= 0.6 is 7.82 Å². The lowest BCUT2D eigenvalue weighted by atomic mass is 10.1. The van der Waals surface area contributed by atoms with E-state index in [9.17, 15) is 14.2 Å². The van der Waals surface area contributed by atoms with Crippen molar-refractivity contribution in [2.24, 2.45) is 0 Å². The smallest absolute Gasteiger partial charge is 0.458 e. The molecule has 56 heavy (non-hydrogen) atoms. The summed E-state index contributed by atoms with van der Waals surface area (Å²) in [5, 5.41) is 0. The molecule has 9 heteroatoms. The van der Waals surface area contributed by atoms with Gasteiger partial charge in [0, 0.05) is 12.2 Å². The second kappa shape index (κ2) is 40.6. The van der Waals surface area contributed by atoms with Gasteiger partial charge in [-0.25, -0.2) is 14.2 Å². The van der Waals surface area contributed by atoms with Crippen molar-refractivity contribution in [2.75, 3.05) is 13.2 Å². The van der Waals surface area contributed by atoms with Crippen molar-refractivity contribution in [3.8, 4) is 0 Å². The van der Waals surface area contributed by atoms with Gasteiger partial charge in [0.05, 0.1) is 6.61 Å². The van der Waals surface area contributed by atoms with Gasteiger partial charge in [0.2, 0.25) is 0 Å². The fraction of sp³-hybridized carbons (Fsp3) is 0.447. The van der Waals surface area contributed by atoms with Crippen LogP contribution in [-0.4, -0.2) is 41.0 Å². The molecule has 0 saturated carbocycles. The zero-order chi connectivity index (χ0) is 41.1. The Hall–Kier alpha value is -4.07. The minimum Gasteiger partial charge on any atom is -0.458 e. The zero-order valence-corrected chi connectivity index (χ0v) is 34.8. The molecule has 0 bridgehead atoms. The molecule has 0 rings (SSSR count). The Bertz CT molecular complexity index is 1400. The van der Waals surface area contributed by atoms with E-state index < -0.39 is 39.1 Å². The summed E-state index contributed by atoms with van der Waals surface area (Å²) in [7, 11) is -4.84. The van der Waals surface area contributed by atoms with Gasteiger partial charge in [-0.05, 0) is 25.7 Å². The molecule has 0 aromatic carbocycles. The molecular weight excluding hydrogens is 723 g/mol. The summed E-state index contributed by atoms with van der Waals surface area (Å²) in [6.45, 7) is 3.34. The van der Waals surface area contributed by atoms with Gasteiger partial charge >= 0.3 is 19.8 Å². The van der Waals surface area contributed by atoms with Crippen molar-refractivity contribution in [2.45, 2.75) is 123 Å². The fourth-order valence-corrected chi connectivity index (χ4v) is 5.17. The van der Waals surface area contributed by atoms with Crippen LogP contribution in [0.4, 0.5) is 0 Å². The standard InChI is InChI=1S/C47H69O8P/c1-3-5-7-9-11-13-15-17-19-21-23-25-27-29-31-33-35-37-39-41-46(48)53-43-45(44-54-56(50,51)52)55-47(49)42-40-38-36-34-32-30-28-26-24-22-20-18-16-14-12-10-8-6-4-2/h19-42,45H,3-18,43-44H2,1-2H3,(H2,50,51,52)/t45-/m1/s1. The fourth-order valence-electron chi connectivity index (χ4n) is 4.81. The van der Waals surface area contributed by atoms with Crippen LogP contribution in [0.15, 0.2) is 146 Å². The van der Waals surface area contributed by atoms with Crippen LogP contribution in [0, 0.1) is 0 Å². The molecular formula is C47H69O8P. The summed E-state index contributed by atoms with van der Waals surface area (Å²) < 4.78 is 25.9. The molecule has 0 radical (unpaired) electrons. The van der Waals surface area contributed by atoms with Crippen molar-refractivity contribution in [3.63, 3.8) is 0 Å². The number of unbranched alkanes of at least 4 members (excludes halogenated alkanes) is 14. The van der Waals surface area contributed by atoms with Gasteiger partial charge in [0.15, 0.2) is 6.10 Å². The van der Waals surface area contributed by atoms with Gasteiger partial charge < -0.3 is 19.3 Å². The minimum atomic E-state index is -4.84. The third-order valence-corrected chi connectivity index (χ3v) is 8.29. The summed E-state index contributed by atoms with van der Waals surface area (Å²) in [5.74, 6) is -1.53. The molecule has 0 saturated heterocycles. The number of phosphoric ester groups is 1. The molecule has 0 aliphatic carbocycles. The van der Waals surface area contributed by atoms with Crippen molar-refractivity contribution in [1.82, 2.24) is 0 Å². The molecule has 2 N–H and O–H groups in total. The van der Waals surface area contributed by atoms with E-state index in [1.165, 1.54) is 108 Å².